The number of ether oxygens (including phenoxy) is 1. The molecule has 1 saturated carbocycles. The van der Waals surface area contributed by atoms with Crippen molar-refractivity contribution in [3.05, 3.63) is 0 Å². The third kappa shape index (κ3) is 6.48. The van der Waals surface area contributed by atoms with Gasteiger partial charge in [0.2, 0.25) is 5.91 Å². The Morgan fingerprint density at radius 3 is 2.63 bits per heavy atom. The van der Waals surface area contributed by atoms with Crippen LogP contribution in [0.25, 0.3) is 0 Å². The van der Waals surface area contributed by atoms with Crippen LogP contribution >= 0.6 is 0 Å². The summed E-state index contributed by atoms with van der Waals surface area (Å²) in [6.45, 7) is -0.698. The summed E-state index contributed by atoms with van der Waals surface area (Å²) in [4.78, 5) is 11.6. The van der Waals surface area contributed by atoms with Crippen molar-refractivity contribution in [3.63, 3.8) is 0 Å². The topological polar surface area (TPSA) is 62.1 Å². The molecule has 0 saturated heterocycles. The fourth-order valence-corrected chi connectivity index (χ4v) is 2.31. The number of rotatable bonds is 7. The molecular formula is C13H20F2N2O2. The summed E-state index contributed by atoms with van der Waals surface area (Å²) >= 11 is 0. The lowest BCUT2D eigenvalue weighted by molar-refractivity contribution is -0.123. The lowest BCUT2D eigenvalue weighted by Crippen LogP contribution is -2.40. The Morgan fingerprint density at radius 1 is 1.37 bits per heavy atom. The van der Waals surface area contributed by atoms with Crippen LogP contribution in [-0.4, -0.2) is 31.6 Å². The van der Waals surface area contributed by atoms with Crippen LogP contribution in [-0.2, 0) is 9.53 Å². The molecule has 0 bridgehead atoms. The van der Waals surface area contributed by atoms with Gasteiger partial charge in [-0.2, -0.15) is 5.26 Å². The first-order valence-corrected chi connectivity index (χ1v) is 6.68. The van der Waals surface area contributed by atoms with Gasteiger partial charge in [0.05, 0.1) is 12.7 Å². The highest BCUT2D eigenvalue weighted by Crippen LogP contribution is 2.26. The van der Waals surface area contributed by atoms with Gasteiger partial charge in [-0.05, 0) is 18.8 Å². The molecule has 0 aliphatic heterocycles. The van der Waals surface area contributed by atoms with Crippen LogP contribution in [0.2, 0.25) is 0 Å². The third-order valence-electron chi connectivity index (χ3n) is 3.29. The molecule has 19 heavy (non-hydrogen) atoms. The molecule has 0 aromatic heterocycles. The summed E-state index contributed by atoms with van der Waals surface area (Å²) in [7, 11) is 0. The predicted octanol–water partition coefficient (Wildman–Crippen LogP) is 2.25. The maximum absolute atomic E-state index is 11.8. The first-order chi connectivity index (χ1) is 9.13. The molecule has 1 aliphatic rings. The van der Waals surface area contributed by atoms with Gasteiger partial charge >= 0.3 is 0 Å². The van der Waals surface area contributed by atoms with E-state index in [9.17, 15) is 13.6 Å². The van der Waals surface area contributed by atoms with E-state index in [2.05, 4.69) is 16.1 Å². The molecule has 4 nitrogen and oxygen atoms in total. The number of carbonyl (C=O) groups is 1. The maximum atomic E-state index is 11.8. The van der Waals surface area contributed by atoms with Gasteiger partial charge in [-0.25, -0.2) is 8.78 Å². The molecule has 0 aromatic carbocycles. The van der Waals surface area contributed by atoms with Crippen LogP contribution in [0, 0.1) is 17.2 Å². The van der Waals surface area contributed by atoms with E-state index in [1.54, 1.807) is 0 Å². The number of hydrogen-bond donors (Lipinski definition) is 1. The first kappa shape index (κ1) is 15.8. The van der Waals surface area contributed by atoms with Gasteiger partial charge in [-0.3, -0.25) is 4.79 Å². The zero-order valence-corrected chi connectivity index (χ0v) is 10.9. The van der Waals surface area contributed by atoms with E-state index in [-0.39, 0.29) is 24.9 Å². The second kappa shape index (κ2) is 8.81. The van der Waals surface area contributed by atoms with Gasteiger partial charge in [-0.15, -0.1) is 0 Å². The number of hydrogen-bond acceptors (Lipinski definition) is 3. The number of nitrogens with one attached hydrogen (secondary N) is 1. The van der Waals surface area contributed by atoms with E-state index in [4.69, 9.17) is 5.26 Å². The Hall–Kier alpha value is -1.22. The van der Waals surface area contributed by atoms with Crippen molar-refractivity contribution in [2.75, 3.05) is 13.2 Å². The van der Waals surface area contributed by atoms with Crippen LogP contribution in [0.4, 0.5) is 8.78 Å². The lowest BCUT2D eigenvalue weighted by Gasteiger charge is -2.26. The zero-order chi connectivity index (χ0) is 14.1. The minimum Gasteiger partial charge on any atom is -0.375 e. The van der Waals surface area contributed by atoms with Crippen LogP contribution in [0.5, 0.6) is 0 Å². The van der Waals surface area contributed by atoms with E-state index in [0.717, 1.165) is 25.7 Å². The van der Waals surface area contributed by atoms with Crippen LogP contribution < -0.4 is 5.32 Å². The van der Waals surface area contributed by atoms with E-state index >= 15 is 0 Å². The lowest BCUT2D eigenvalue weighted by atomic mass is 9.84. The maximum Gasteiger partial charge on any atom is 0.261 e. The monoisotopic (exact) mass is 274 g/mol. The van der Waals surface area contributed by atoms with Gasteiger partial charge in [0, 0.05) is 6.42 Å². The summed E-state index contributed by atoms with van der Waals surface area (Å²) in [5.41, 5.74) is 0. The van der Waals surface area contributed by atoms with Crippen molar-refractivity contribution < 1.29 is 18.3 Å². The van der Waals surface area contributed by atoms with Gasteiger partial charge in [0.15, 0.2) is 0 Å². The van der Waals surface area contributed by atoms with E-state index in [1.807, 2.05) is 0 Å². The van der Waals surface area contributed by atoms with Gasteiger partial charge in [0.25, 0.3) is 6.43 Å². The molecule has 1 aliphatic carbocycles. The summed E-state index contributed by atoms with van der Waals surface area (Å²) in [6.07, 6.45) is 2.78. The minimum absolute atomic E-state index is 0.0115. The van der Waals surface area contributed by atoms with E-state index in [0.29, 0.717) is 0 Å². The Morgan fingerprint density at radius 2 is 2.05 bits per heavy atom. The van der Waals surface area contributed by atoms with Crippen molar-refractivity contribution in [2.24, 2.45) is 5.92 Å². The summed E-state index contributed by atoms with van der Waals surface area (Å²) in [6, 6.07) is 1.65. The molecule has 0 spiro atoms. The molecular weight excluding hydrogens is 254 g/mol. The standard InChI is InChI=1S/C13H20F2N2O2/c14-12(15)9-19-7-6-13(18)17-11(8-16)10-4-2-1-3-5-10/h10-12H,1-7,9H2,(H,17,18). The van der Waals surface area contributed by atoms with E-state index in [1.165, 1.54) is 6.42 Å². The van der Waals surface area contributed by atoms with Gasteiger partial charge < -0.3 is 10.1 Å². The van der Waals surface area contributed by atoms with Crippen LogP contribution in [0.1, 0.15) is 38.5 Å². The second-order valence-corrected chi connectivity index (χ2v) is 4.79. The minimum atomic E-state index is -2.52. The third-order valence-corrected chi connectivity index (χ3v) is 3.29. The molecule has 1 amide bonds. The average Bonchev–Trinajstić information content (AvgIpc) is 2.41. The highest BCUT2D eigenvalue weighted by molar-refractivity contribution is 5.76. The van der Waals surface area contributed by atoms with Crippen molar-refractivity contribution in [1.29, 1.82) is 5.26 Å². The summed E-state index contributed by atoms with van der Waals surface area (Å²) in [5, 5.41) is 11.7. The fourth-order valence-electron chi connectivity index (χ4n) is 2.31. The van der Waals surface area contributed by atoms with Crippen molar-refractivity contribution in [1.82, 2.24) is 5.32 Å². The fraction of sp³-hybridized carbons (Fsp3) is 0.846. The molecule has 0 aromatic rings. The van der Waals surface area contributed by atoms with Crippen molar-refractivity contribution in [2.45, 2.75) is 51.0 Å². The molecule has 0 radical (unpaired) electrons. The van der Waals surface area contributed by atoms with Gasteiger partial charge in [0.1, 0.15) is 12.6 Å². The Balaban J connectivity index is 2.23. The molecule has 1 unspecified atom stereocenters. The molecule has 1 N–H and O–H groups in total. The van der Waals surface area contributed by atoms with E-state index < -0.39 is 19.1 Å². The molecule has 6 heteroatoms. The largest absolute Gasteiger partial charge is 0.375 e. The number of alkyl halides is 2. The molecule has 108 valence electrons. The molecule has 1 fully saturated rings. The first-order valence-electron chi connectivity index (χ1n) is 6.68. The van der Waals surface area contributed by atoms with Crippen LogP contribution in [0.3, 0.4) is 0 Å². The smallest absolute Gasteiger partial charge is 0.261 e. The number of halogens is 2. The Bertz CT molecular complexity index is 312. The highest BCUT2D eigenvalue weighted by atomic mass is 19.3. The average molecular weight is 274 g/mol. The normalized spacial score (nSPS) is 18.0. The van der Waals surface area contributed by atoms with Gasteiger partial charge in [-0.1, -0.05) is 19.3 Å². The second-order valence-electron chi connectivity index (χ2n) is 4.79. The van der Waals surface area contributed by atoms with Crippen molar-refractivity contribution in [3.8, 4) is 6.07 Å². The number of nitrogens with zero attached hydrogens (tertiary/aromatic N) is 1. The Kier molecular flexibility index (Phi) is 7.34. The SMILES string of the molecule is N#CC(NC(=O)CCOCC(F)F)C1CCCCC1. The molecule has 1 rings (SSSR count). The summed E-state index contributed by atoms with van der Waals surface area (Å²) in [5.74, 6) is -0.101. The number of amides is 1. The number of nitriles is 1. The predicted molar refractivity (Wildman–Crippen MR) is 65.6 cm³/mol. The highest BCUT2D eigenvalue weighted by Gasteiger charge is 2.24. The molecule has 1 atom stereocenters. The zero-order valence-electron chi connectivity index (χ0n) is 10.9. The molecule has 0 heterocycles. The number of carbonyl (C=O) groups excluding carboxylic acids is 1. The Labute approximate surface area is 112 Å². The van der Waals surface area contributed by atoms with Crippen molar-refractivity contribution >= 4 is 5.91 Å². The van der Waals surface area contributed by atoms with Crippen LogP contribution in [0.15, 0.2) is 0 Å². The quantitative estimate of drug-likeness (QED) is 0.724. The summed E-state index contributed by atoms with van der Waals surface area (Å²) < 4.78 is 28.2.